The van der Waals surface area contributed by atoms with Crippen LogP contribution in [0.4, 0.5) is 10.1 Å². The summed E-state index contributed by atoms with van der Waals surface area (Å²) >= 11 is 0. The van der Waals surface area contributed by atoms with Gasteiger partial charge < -0.3 is 15.5 Å². The van der Waals surface area contributed by atoms with E-state index in [9.17, 15) is 9.18 Å². The first-order chi connectivity index (χ1) is 8.58. The van der Waals surface area contributed by atoms with Crippen LogP contribution in [0.2, 0.25) is 0 Å². The Balaban J connectivity index is 2.17. The lowest BCUT2D eigenvalue weighted by molar-refractivity contribution is 0.0758. The molecule has 0 aliphatic carbocycles. The Labute approximate surface area is 106 Å². The topological polar surface area (TPSA) is 49.6 Å². The van der Waals surface area contributed by atoms with Crippen LogP contribution in [0.1, 0.15) is 16.8 Å². The number of benzene rings is 1. The van der Waals surface area contributed by atoms with Gasteiger partial charge in [-0.1, -0.05) is 0 Å². The second-order valence-corrected chi connectivity index (χ2v) is 4.69. The summed E-state index contributed by atoms with van der Waals surface area (Å²) in [6, 6.07) is 4.11. The van der Waals surface area contributed by atoms with Gasteiger partial charge in [-0.2, -0.15) is 0 Å². The predicted molar refractivity (Wildman–Crippen MR) is 68.8 cm³/mol. The minimum absolute atomic E-state index is 0.0690. The fourth-order valence-corrected chi connectivity index (χ4v) is 2.13. The molecule has 1 aliphatic heterocycles. The Morgan fingerprint density at radius 1 is 1.28 bits per heavy atom. The van der Waals surface area contributed by atoms with E-state index in [1.54, 1.807) is 4.90 Å². The third kappa shape index (κ3) is 2.79. The van der Waals surface area contributed by atoms with E-state index in [1.807, 2.05) is 7.05 Å². The zero-order valence-electron chi connectivity index (χ0n) is 10.5. The fraction of sp³-hybridized carbons (Fsp3) is 0.462. The first kappa shape index (κ1) is 12.8. The number of carbonyl (C=O) groups is 1. The molecule has 1 aromatic rings. The molecule has 0 spiro atoms. The molecule has 0 aromatic heterocycles. The maximum absolute atomic E-state index is 13.6. The first-order valence-electron chi connectivity index (χ1n) is 6.11. The van der Waals surface area contributed by atoms with Crippen LogP contribution in [0.3, 0.4) is 0 Å². The van der Waals surface area contributed by atoms with Crippen molar-refractivity contribution in [3.05, 3.63) is 29.6 Å². The molecule has 1 fully saturated rings. The van der Waals surface area contributed by atoms with Crippen molar-refractivity contribution in [2.45, 2.75) is 6.42 Å². The molecule has 1 heterocycles. The Hall–Kier alpha value is -1.62. The zero-order chi connectivity index (χ0) is 13.1. The van der Waals surface area contributed by atoms with Gasteiger partial charge in [-0.05, 0) is 38.2 Å². The lowest BCUT2D eigenvalue weighted by Gasteiger charge is -2.21. The van der Waals surface area contributed by atoms with Crippen LogP contribution < -0.4 is 5.73 Å². The highest BCUT2D eigenvalue weighted by molar-refractivity contribution is 5.95. The lowest BCUT2D eigenvalue weighted by atomic mass is 10.1. The third-order valence-electron chi connectivity index (χ3n) is 3.23. The Kier molecular flexibility index (Phi) is 3.81. The van der Waals surface area contributed by atoms with E-state index >= 15 is 0 Å². The summed E-state index contributed by atoms with van der Waals surface area (Å²) in [5.41, 5.74) is 6.08. The van der Waals surface area contributed by atoms with Crippen LogP contribution in [0.15, 0.2) is 18.2 Å². The molecular formula is C13H18FN3O. The van der Waals surface area contributed by atoms with Crippen LogP contribution in [-0.4, -0.2) is 48.9 Å². The second-order valence-electron chi connectivity index (χ2n) is 4.69. The number of nitrogens with zero attached hydrogens (tertiary/aromatic N) is 2. The van der Waals surface area contributed by atoms with Crippen molar-refractivity contribution in [1.29, 1.82) is 0 Å². The quantitative estimate of drug-likeness (QED) is 0.763. The van der Waals surface area contributed by atoms with E-state index < -0.39 is 5.82 Å². The molecule has 98 valence electrons. The Bertz CT molecular complexity index is 450. The molecule has 0 unspecified atom stereocenters. The largest absolute Gasteiger partial charge is 0.399 e. The number of hydrogen-bond acceptors (Lipinski definition) is 3. The maximum Gasteiger partial charge on any atom is 0.256 e. The van der Waals surface area contributed by atoms with Gasteiger partial charge in [0, 0.05) is 25.3 Å². The van der Waals surface area contributed by atoms with Crippen LogP contribution in [-0.2, 0) is 0 Å². The molecule has 18 heavy (non-hydrogen) atoms. The molecule has 0 radical (unpaired) electrons. The number of carbonyl (C=O) groups excluding carboxylic acids is 1. The number of nitrogen functional groups attached to an aromatic ring is 1. The Morgan fingerprint density at radius 2 is 2.06 bits per heavy atom. The molecular weight excluding hydrogens is 233 g/mol. The van der Waals surface area contributed by atoms with Gasteiger partial charge in [0.15, 0.2) is 0 Å². The molecule has 0 atom stereocenters. The summed E-state index contributed by atoms with van der Waals surface area (Å²) in [5, 5.41) is 0. The number of rotatable bonds is 1. The van der Waals surface area contributed by atoms with Crippen LogP contribution in [0, 0.1) is 5.82 Å². The first-order valence-corrected chi connectivity index (χ1v) is 6.11. The molecule has 0 saturated carbocycles. The molecule has 1 saturated heterocycles. The van der Waals surface area contributed by atoms with Crippen molar-refractivity contribution in [3.63, 3.8) is 0 Å². The monoisotopic (exact) mass is 251 g/mol. The molecule has 2 rings (SSSR count). The summed E-state index contributed by atoms with van der Waals surface area (Å²) < 4.78 is 13.6. The summed E-state index contributed by atoms with van der Waals surface area (Å²) in [5.74, 6) is -0.776. The van der Waals surface area contributed by atoms with E-state index in [1.165, 1.54) is 18.2 Å². The van der Waals surface area contributed by atoms with Crippen LogP contribution in [0.5, 0.6) is 0 Å². The van der Waals surface area contributed by atoms with Gasteiger partial charge in [0.25, 0.3) is 5.91 Å². The molecule has 1 amide bonds. The van der Waals surface area contributed by atoms with E-state index in [4.69, 9.17) is 5.73 Å². The normalized spacial score (nSPS) is 17.6. The van der Waals surface area contributed by atoms with Gasteiger partial charge in [0.2, 0.25) is 0 Å². The molecule has 4 nitrogen and oxygen atoms in total. The zero-order valence-corrected chi connectivity index (χ0v) is 10.5. The van der Waals surface area contributed by atoms with E-state index in [0.717, 1.165) is 19.5 Å². The van der Waals surface area contributed by atoms with Crippen molar-refractivity contribution in [1.82, 2.24) is 9.80 Å². The standard InChI is InChI=1S/C13H18FN3O/c1-16-5-2-6-17(8-7-16)13(18)11-9-10(15)3-4-12(11)14/h3-4,9H,2,5-8,15H2,1H3. The average molecular weight is 251 g/mol. The van der Waals surface area contributed by atoms with Crippen molar-refractivity contribution in [2.75, 3.05) is 39.0 Å². The highest BCUT2D eigenvalue weighted by atomic mass is 19.1. The number of nitrogens with two attached hydrogens (primary N) is 1. The Morgan fingerprint density at radius 3 is 2.83 bits per heavy atom. The third-order valence-corrected chi connectivity index (χ3v) is 3.23. The van der Waals surface area contributed by atoms with Gasteiger partial charge in [-0.15, -0.1) is 0 Å². The maximum atomic E-state index is 13.6. The number of hydrogen-bond donors (Lipinski definition) is 1. The number of anilines is 1. The molecule has 2 N–H and O–H groups in total. The van der Waals surface area contributed by atoms with E-state index in [-0.39, 0.29) is 11.5 Å². The van der Waals surface area contributed by atoms with Gasteiger partial charge >= 0.3 is 0 Å². The number of likely N-dealkylation sites (N-methyl/N-ethyl adjacent to an activating group) is 1. The minimum atomic E-state index is -0.508. The van der Waals surface area contributed by atoms with Gasteiger partial charge in [0.1, 0.15) is 5.82 Å². The molecule has 1 aromatic carbocycles. The second kappa shape index (κ2) is 5.35. The van der Waals surface area contributed by atoms with Gasteiger partial charge in [-0.3, -0.25) is 4.79 Å². The number of halogens is 1. The fourth-order valence-electron chi connectivity index (χ4n) is 2.13. The van der Waals surface area contributed by atoms with Crippen molar-refractivity contribution in [3.8, 4) is 0 Å². The lowest BCUT2D eigenvalue weighted by Crippen LogP contribution is -2.35. The summed E-state index contributed by atoms with van der Waals surface area (Å²) in [6.45, 7) is 3.07. The highest BCUT2D eigenvalue weighted by Gasteiger charge is 2.21. The molecule has 5 heteroatoms. The minimum Gasteiger partial charge on any atom is -0.399 e. The van der Waals surface area contributed by atoms with Gasteiger partial charge in [-0.25, -0.2) is 4.39 Å². The van der Waals surface area contributed by atoms with Gasteiger partial charge in [0.05, 0.1) is 5.56 Å². The van der Waals surface area contributed by atoms with Crippen molar-refractivity contribution in [2.24, 2.45) is 0 Å². The summed E-state index contributed by atoms with van der Waals surface area (Å²) in [4.78, 5) is 16.1. The SMILES string of the molecule is CN1CCCN(C(=O)c2cc(N)ccc2F)CC1. The molecule has 0 bridgehead atoms. The van der Waals surface area contributed by atoms with Crippen molar-refractivity contribution < 1.29 is 9.18 Å². The van der Waals surface area contributed by atoms with Crippen LogP contribution in [0.25, 0.3) is 0 Å². The molecule has 1 aliphatic rings. The number of amides is 1. The average Bonchev–Trinajstić information content (AvgIpc) is 2.56. The highest BCUT2D eigenvalue weighted by Crippen LogP contribution is 2.15. The summed E-state index contributed by atoms with van der Waals surface area (Å²) in [7, 11) is 2.02. The van der Waals surface area contributed by atoms with E-state index in [0.29, 0.717) is 18.8 Å². The van der Waals surface area contributed by atoms with Crippen molar-refractivity contribution >= 4 is 11.6 Å². The van der Waals surface area contributed by atoms with Crippen LogP contribution >= 0.6 is 0 Å². The predicted octanol–water partition coefficient (Wildman–Crippen LogP) is 1.19. The summed E-state index contributed by atoms with van der Waals surface area (Å²) in [6.07, 6.45) is 0.909. The smallest absolute Gasteiger partial charge is 0.256 e. The van der Waals surface area contributed by atoms with E-state index in [2.05, 4.69) is 4.90 Å².